The molecule has 3 N–H and O–H groups in total. The first-order valence-electron chi connectivity index (χ1n) is 8.87. The SMILES string of the molecule is NNC(=O)c1cnc2c(c1)C(=O)N([C@@H]1COCC[C@H]1Oc1ccc(F)cc1)C2. The lowest BCUT2D eigenvalue weighted by Gasteiger charge is -2.37. The van der Waals surface area contributed by atoms with Crippen molar-refractivity contribution in [2.45, 2.75) is 25.1 Å². The van der Waals surface area contributed by atoms with Crippen LogP contribution < -0.4 is 16.0 Å². The summed E-state index contributed by atoms with van der Waals surface area (Å²) in [4.78, 5) is 30.6. The standard InChI is InChI=1S/C19H19FN4O4/c20-12-1-3-13(4-2-12)28-17-5-6-27-10-16(17)24-9-15-14(19(24)26)7-11(8-22-15)18(25)23-21/h1-4,7-8,16-17H,5-6,9-10,21H2,(H,23,25)/t16-,17-/m1/s1. The van der Waals surface area contributed by atoms with Crippen molar-refractivity contribution in [3.63, 3.8) is 0 Å². The number of nitrogens with two attached hydrogens (primary N) is 1. The lowest BCUT2D eigenvalue weighted by Crippen LogP contribution is -2.52. The van der Waals surface area contributed by atoms with E-state index in [4.69, 9.17) is 15.3 Å². The van der Waals surface area contributed by atoms with Crippen LogP contribution in [0, 0.1) is 5.82 Å². The first-order valence-corrected chi connectivity index (χ1v) is 8.87. The molecule has 0 aliphatic carbocycles. The second-order valence-electron chi connectivity index (χ2n) is 6.67. The normalized spacial score (nSPS) is 21.4. The van der Waals surface area contributed by atoms with Crippen LogP contribution in [0.25, 0.3) is 0 Å². The lowest BCUT2D eigenvalue weighted by atomic mass is 10.0. The van der Waals surface area contributed by atoms with Crippen molar-refractivity contribution in [2.24, 2.45) is 5.84 Å². The molecule has 0 saturated carbocycles. The third kappa shape index (κ3) is 3.41. The van der Waals surface area contributed by atoms with E-state index in [9.17, 15) is 14.0 Å². The van der Waals surface area contributed by atoms with Gasteiger partial charge in [0.25, 0.3) is 11.8 Å². The van der Waals surface area contributed by atoms with E-state index in [2.05, 4.69) is 4.98 Å². The summed E-state index contributed by atoms with van der Waals surface area (Å²) in [6, 6.07) is 6.94. The number of rotatable bonds is 4. The van der Waals surface area contributed by atoms with Gasteiger partial charge in [-0.05, 0) is 30.3 Å². The number of hydrogen-bond donors (Lipinski definition) is 2. The molecule has 146 valence electrons. The number of nitrogens with zero attached hydrogens (tertiary/aromatic N) is 2. The van der Waals surface area contributed by atoms with Gasteiger partial charge < -0.3 is 14.4 Å². The van der Waals surface area contributed by atoms with Crippen LogP contribution in [-0.4, -0.2) is 47.1 Å². The van der Waals surface area contributed by atoms with Gasteiger partial charge in [0.1, 0.15) is 17.7 Å². The number of ether oxygens (including phenoxy) is 2. The number of aromatic nitrogens is 1. The average molecular weight is 386 g/mol. The molecule has 2 aliphatic heterocycles. The van der Waals surface area contributed by atoms with Crippen LogP contribution >= 0.6 is 0 Å². The summed E-state index contributed by atoms with van der Waals surface area (Å²) in [6.07, 6.45) is 1.68. The van der Waals surface area contributed by atoms with Gasteiger partial charge in [-0.25, -0.2) is 10.2 Å². The molecule has 2 amide bonds. The molecule has 0 radical (unpaired) electrons. The van der Waals surface area contributed by atoms with Crippen LogP contribution in [0.1, 0.15) is 32.8 Å². The summed E-state index contributed by atoms with van der Waals surface area (Å²) in [5.74, 6) is 4.58. The molecule has 9 heteroatoms. The van der Waals surface area contributed by atoms with Gasteiger partial charge in [0.2, 0.25) is 0 Å². The predicted molar refractivity (Wildman–Crippen MR) is 95.8 cm³/mol. The molecule has 0 spiro atoms. The Morgan fingerprint density at radius 3 is 2.89 bits per heavy atom. The summed E-state index contributed by atoms with van der Waals surface area (Å²) in [5, 5.41) is 0. The number of fused-ring (bicyclic) bond motifs is 1. The number of halogens is 1. The molecule has 3 heterocycles. The summed E-state index contributed by atoms with van der Waals surface area (Å²) < 4.78 is 24.7. The zero-order valence-corrected chi connectivity index (χ0v) is 14.9. The molecule has 28 heavy (non-hydrogen) atoms. The molecule has 1 fully saturated rings. The maximum absolute atomic E-state index is 13.1. The van der Waals surface area contributed by atoms with Crippen molar-refractivity contribution in [2.75, 3.05) is 13.2 Å². The number of hydrogen-bond acceptors (Lipinski definition) is 6. The molecule has 1 saturated heterocycles. The van der Waals surface area contributed by atoms with E-state index in [1.807, 2.05) is 5.43 Å². The third-order valence-corrected chi connectivity index (χ3v) is 4.94. The Kier molecular flexibility index (Phi) is 4.93. The zero-order chi connectivity index (χ0) is 19.7. The summed E-state index contributed by atoms with van der Waals surface area (Å²) >= 11 is 0. The second kappa shape index (κ2) is 7.53. The Morgan fingerprint density at radius 1 is 1.36 bits per heavy atom. The van der Waals surface area contributed by atoms with Crippen LogP contribution in [0.5, 0.6) is 5.75 Å². The Bertz CT molecular complexity index is 905. The van der Waals surface area contributed by atoms with Crippen molar-refractivity contribution in [1.82, 2.24) is 15.3 Å². The van der Waals surface area contributed by atoms with Crippen LogP contribution in [0.3, 0.4) is 0 Å². The van der Waals surface area contributed by atoms with Crippen molar-refractivity contribution < 1.29 is 23.5 Å². The van der Waals surface area contributed by atoms with E-state index in [0.717, 1.165) is 0 Å². The fourth-order valence-electron chi connectivity index (χ4n) is 3.49. The Morgan fingerprint density at radius 2 is 2.14 bits per heavy atom. The number of nitrogen functional groups attached to an aromatic ring is 1. The minimum Gasteiger partial charge on any atom is -0.488 e. The van der Waals surface area contributed by atoms with Gasteiger partial charge in [-0.15, -0.1) is 0 Å². The Balaban J connectivity index is 1.55. The van der Waals surface area contributed by atoms with Crippen molar-refractivity contribution in [3.05, 3.63) is 59.2 Å². The van der Waals surface area contributed by atoms with E-state index >= 15 is 0 Å². The van der Waals surface area contributed by atoms with Crippen LogP contribution in [0.15, 0.2) is 36.5 Å². The van der Waals surface area contributed by atoms with Gasteiger partial charge in [-0.3, -0.25) is 20.0 Å². The zero-order valence-electron chi connectivity index (χ0n) is 14.9. The van der Waals surface area contributed by atoms with E-state index < -0.39 is 5.91 Å². The van der Waals surface area contributed by atoms with Crippen molar-refractivity contribution in [3.8, 4) is 5.75 Å². The monoisotopic (exact) mass is 386 g/mol. The minimum absolute atomic E-state index is 0.218. The number of pyridine rings is 1. The molecule has 4 rings (SSSR count). The number of hydrazine groups is 1. The van der Waals surface area contributed by atoms with Crippen LogP contribution in [0.4, 0.5) is 4.39 Å². The van der Waals surface area contributed by atoms with E-state index in [1.54, 1.807) is 17.0 Å². The quantitative estimate of drug-likeness (QED) is 0.462. The first kappa shape index (κ1) is 18.3. The van der Waals surface area contributed by atoms with Gasteiger partial charge in [-0.2, -0.15) is 0 Å². The highest BCUT2D eigenvalue weighted by molar-refractivity contribution is 6.01. The molecule has 0 bridgehead atoms. The molecule has 2 aliphatic rings. The predicted octanol–water partition coefficient (Wildman–Crippen LogP) is 1.02. The number of carbonyl (C=O) groups is 2. The van der Waals surface area contributed by atoms with Crippen LogP contribution in [-0.2, 0) is 11.3 Å². The molecule has 8 nitrogen and oxygen atoms in total. The molecular weight excluding hydrogens is 367 g/mol. The Labute approximate surface area is 160 Å². The van der Waals surface area contributed by atoms with Gasteiger partial charge >= 0.3 is 0 Å². The highest BCUT2D eigenvalue weighted by Gasteiger charge is 2.40. The maximum atomic E-state index is 13.1. The fraction of sp³-hybridized carbons (Fsp3) is 0.316. The Hall–Kier alpha value is -3.04. The largest absolute Gasteiger partial charge is 0.488 e. The van der Waals surface area contributed by atoms with Crippen molar-refractivity contribution in [1.29, 1.82) is 0 Å². The highest BCUT2D eigenvalue weighted by atomic mass is 19.1. The summed E-state index contributed by atoms with van der Waals surface area (Å²) in [5.41, 5.74) is 3.20. The van der Waals surface area contributed by atoms with Gasteiger partial charge in [0, 0.05) is 12.6 Å². The second-order valence-corrected chi connectivity index (χ2v) is 6.67. The number of nitrogens with one attached hydrogen (secondary N) is 1. The van der Waals surface area contributed by atoms with Gasteiger partial charge in [0.15, 0.2) is 0 Å². The number of benzene rings is 1. The fourth-order valence-corrected chi connectivity index (χ4v) is 3.49. The third-order valence-electron chi connectivity index (χ3n) is 4.94. The summed E-state index contributed by atoms with van der Waals surface area (Å²) in [7, 11) is 0. The first-order chi connectivity index (χ1) is 13.6. The smallest absolute Gasteiger partial charge is 0.266 e. The topological polar surface area (TPSA) is 107 Å². The van der Waals surface area contributed by atoms with Gasteiger partial charge in [-0.1, -0.05) is 0 Å². The highest BCUT2D eigenvalue weighted by Crippen LogP contribution is 2.29. The van der Waals surface area contributed by atoms with Crippen LogP contribution in [0.2, 0.25) is 0 Å². The van der Waals surface area contributed by atoms with E-state index in [0.29, 0.717) is 43.2 Å². The minimum atomic E-state index is -0.514. The number of carbonyl (C=O) groups excluding carboxylic acids is 2. The molecule has 2 aromatic rings. The molecule has 1 aromatic heterocycles. The molecular formula is C19H19FN4O4. The molecule has 1 aromatic carbocycles. The summed E-state index contributed by atoms with van der Waals surface area (Å²) in [6.45, 7) is 1.13. The molecule has 0 unspecified atom stereocenters. The lowest BCUT2D eigenvalue weighted by molar-refractivity contribution is -0.0430. The number of amides is 2. The van der Waals surface area contributed by atoms with Gasteiger partial charge in [0.05, 0.1) is 42.6 Å². The average Bonchev–Trinajstić information content (AvgIpc) is 3.05. The maximum Gasteiger partial charge on any atom is 0.266 e. The van der Waals surface area contributed by atoms with Crippen molar-refractivity contribution >= 4 is 11.8 Å². The van der Waals surface area contributed by atoms with E-state index in [1.165, 1.54) is 24.4 Å². The molecule has 2 atom stereocenters. The van der Waals surface area contributed by atoms with E-state index in [-0.39, 0.29) is 29.4 Å².